The van der Waals surface area contributed by atoms with E-state index in [0.717, 1.165) is 12.8 Å². The lowest BCUT2D eigenvalue weighted by molar-refractivity contribution is -0.122. The summed E-state index contributed by atoms with van der Waals surface area (Å²) in [6, 6.07) is -0.159. The predicted molar refractivity (Wildman–Crippen MR) is 36.0 cm³/mol. The average molecular weight is 127 g/mol. The first-order chi connectivity index (χ1) is 4.20. The summed E-state index contributed by atoms with van der Waals surface area (Å²) in [5.74, 6) is 0.894. The first-order valence-electron chi connectivity index (χ1n) is 3.48. The molecule has 0 bridgehead atoms. The topological polar surface area (TPSA) is 43.1 Å². The van der Waals surface area contributed by atoms with Crippen LogP contribution in [-0.2, 0) is 4.79 Å². The van der Waals surface area contributed by atoms with Crippen LogP contribution in [0.5, 0.6) is 0 Å². The summed E-state index contributed by atoms with van der Waals surface area (Å²) in [6.45, 7) is 2.15. The SMILES string of the molecule is CC1CCC(=O)[C@@H](N)C1. The van der Waals surface area contributed by atoms with Gasteiger partial charge in [-0.3, -0.25) is 4.79 Å². The standard InChI is InChI=1S/C7H13NO/c1-5-2-3-7(9)6(8)4-5/h5-6H,2-4,8H2,1H3/t5?,6-/m0/s1. The van der Waals surface area contributed by atoms with Crippen LogP contribution in [0.2, 0.25) is 0 Å². The van der Waals surface area contributed by atoms with Crippen LogP contribution in [0, 0.1) is 5.92 Å². The Morgan fingerprint density at radius 1 is 1.67 bits per heavy atom. The van der Waals surface area contributed by atoms with Crippen molar-refractivity contribution in [2.45, 2.75) is 32.2 Å². The van der Waals surface area contributed by atoms with Crippen molar-refractivity contribution in [1.29, 1.82) is 0 Å². The zero-order valence-corrected chi connectivity index (χ0v) is 5.76. The van der Waals surface area contributed by atoms with E-state index in [1.165, 1.54) is 0 Å². The molecule has 1 rings (SSSR count). The van der Waals surface area contributed by atoms with Gasteiger partial charge in [0.2, 0.25) is 0 Å². The van der Waals surface area contributed by atoms with E-state index < -0.39 is 0 Å². The third-order valence-electron chi connectivity index (χ3n) is 1.95. The zero-order valence-electron chi connectivity index (χ0n) is 5.76. The molecule has 2 heteroatoms. The maximum Gasteiger partial charge on any atom is 0.149 e. The molecule has 0 aliphatic heterocycles. The quantitative estimate of drug-likeness (QED) is 0.520. The van der Waals surface area contributed by atoms with Crippen LogP contribution in [0.25, 0.3) is 0 Å². The van der Waals surface area contributed by atoms with Gasteiger partial charge in [0, 0.05) is 6.42 Å². The Labute approximate surface area is 55.4 Å². The van der Waals surface area contributed by atoms with Crippen LogP contribution in [0.15, 0.2) is 0 Å². The fourth-order valence-corrected chi connectivity index (χ4v) is 1.26. The maximum atomic E-state index is 10.8. The van der Waals surface area contributed by atoms with Crippen molar-refractivity contribution < 1.29 is 4.79 Å². The first-order valence-corrected chi connectivity index (χ1v) is 3.48. The molecule has 0 saturated heterocycles. The van der Waals surface area contributed by atoms with Gasteiger partial charge in [-0.25, -0.2) is 0 Å². The lowest BCUT2D eigenvalue weighted by Crippen LogP contribution is -2.35. The molecule has 2 nitrogen and oxygen atoms in total. The fraction of sp³-hybridized carbons (Fsp3) is 0.857. The third-order valence-corrected chi connectivity index (χ3v) is 1.95. The van der Waals surface area contributed by atoms with Gasteiger partial charge in [-0.2, -0.15) is 0 Å². The highest BCUT2D eigenvalue weighted by Crippen LogP contribution is 2.19. The van der Waals surface area contributed by atoms with Crippen molar-refractivity contribution in [1.82, 2.24) is 0 Å². The van der Waals surface area contributed by atoms with E-state index in [1.54, 1.807) is 0 Å². The van der Waals surface area contributed by atoms with Crippen LogP contribution in [0.3, 0.4) is 0 Å². The van der Waals surface area contributed by atoms with Crippen LogP contribution < -0.4 is 5.73 Å². The molecule has 2 atom stereocenters. The molecule has 0 radical (unpaired) electrons. The Bertz CT molecular complexity index is 122. The number of hydrogen-bond acceptors (Lipinski definition) is 2. The highest BCUT2D eigenvalue weighted by atomic mass is 16.1. The molecular formula is C7H13NO. The summed E-state index contributed by atoms with van der Waals surface area (Å²) >= 11 is 0. The number of rotatable bonds is 0. The number of ketones is 1. The summed E-state index contributed by atoms with van der Waals surface area (Å²) in [4.78, 5) is 10.8. The minimum absolute atomic E-state index is 0.159. The van der Waals surface area contributed by atoms with E-state index in [4.69, 9.17) is 5.73 Å². The summed E-state index contributed by atoms with van der Waals surface area (Å²) in [6.07, 6.45) is 2.62. The van der Waals surface area contributed by atoms with Crippen molar-refractivity contribution in [2.24, 2.45) is 11.7 Å². The molecule has 0 heterocycles. The number of hydrogen-bond donors (Lipinski definition) is 1. The van der Waals surface area contributed by atoms with Crippen LogP contribution in [0.1, 0.15) is 26.2 Å². The molecule has 0 aromatic heterocycles. The molecule has 0 aromatic carbocycles. The van der Waals surface area contributed by atoms with Gasteiger partial charge in [0.1, 0.15) is 5.78 Å². The van der Waals surface area contributed by atoms with Gasteiger partial charge in [-0.15, -0.1) is 0 Å². The molecule has 0 amide bonds. The first kappa shape index (κ1) is 6.75. The normalized spacial score (nSPS) is 36.9. The van der Waals surface area contributed by atoms with Crippen molar-refractivity contribution in [3.8, 4) is 0 Å². The summed E-state index contributed by atoms with van der Waals surface area (Å²) in [5.41, 5.74) is 5.52. The van der Waals surface area contributed by atoms with E-state index in [0.29, 0.717) is 12.3 Å². The van der Waals surface area contributed by atoms with Gasteiger partial charge in [0.25, 0.3) is 0 Å². The minimum Gasteiger partial charge on any atom is -0.322 e. The van der Waals surface area contributed by atoms with Crippen LogP contribution >= 0.6 is 0 Å². The van der Waals surface area contributed by atoms with Gasteiger partial charge in [0.05, 0.1) is 6.04 Å². The minimum atomic E-state index is -0.159. The third kappa shape index (κ3) is 1.52. The fourth-order valence-electron chi connectivity index (χ4n) is 1.26. The molecule has 1 fully saturated rings. The lowest BCUT2D eigenvalue weighted by Gasteiger charge is -2.21. The number of carbonyl (C=O) groups is 1. The van der Waals surface area contributed by atoms with Crippen molar-refractivity contribution >= 4 is 5.78 Å². The number of carbonyl (C=O) groups excluding carboxylic acids is 1. The van der Waals surface area contributed by atoms with Gasteiger partial charge in [0.15, 0.2) is 0 Å². The molecule has 9 heavy (non-hydrogen) atoms. The highest BCUT2D eigenvalue weighted by molar-refractivity contribution is 5.84. The molecule has 0 aromatic rings. The second-order valence-electron chi connectivity index (χ2n) is 2.95. The van der Waals surface area contributed by atoms with Gasteiger partial charge in [-0.05, 0) is 18.8 Å². The van der Waals surface area contributed by atoms with E-state index in [2.05, 4.69) is 6.92 Å². The van der Waals surface area contributed by atoms with Crippen LogP contribution in [-0.4, -0.2) is 11.8 Å². The Balaban J connectivity index is 2.44. The van der Waals surface area contributed by atoms with E-state index in [1.807, 2.05) is 0 Å². The monoisotopic (exact) mass is 127 g/mol. The molecule has 1 unspecified atom stereocenters. The second kappa shape index (κ2) is 2.48. The second-order valence-corrected chi connectivity index (χ2v) is 2.95. The number of nitrogens with two attached hydrogens (primary N) is 1. The maximum absolute atomic E-state index is 10.8. The Kier molecular flexibility index (Phi) is 1.86. The Hall–Kier alpha value is -0.370. The van der Waals surface area contributed by atoms with Gasteiger partial charge in [-0.1, -0.05) is 6.92 Å². The van der Waals surface area contributed by atoms with E-state index in [9.17, 15) is 4.79 Å². The van der Waals surface area contributed by atoms with Crippen molar-refractivity contribution in [2.75, 3.05) is 0 Å². The zero-order chi connectivity index (χ0) is 6.85. The van der Waals surface area contributed by atoms with Gasteiger partial charge < -0.3 is 5.73 Å². The van der Waals surface area contributed by atoms with E-state index in [-0.39, 0.29) is 11.8 Å². The largest absolute Gasteiger partial charge is 0.322 e. The highest BCUT2D eigenvalue weighted by Gasteiger charge is 2.22. The Morgan fingerprint density at radius 3 is 2.78 bits per heavy atom. The van der Waals surface area contributed by atoms with E-state index >= 15 is 0 Å². The lowest BCUT2D eigenvalue weighted by atomic mass is 9.87. The summed E-state index contributed by atoms with van der Waals surface area (Å²) in [7, 11) is 0. The van der Waals surface area contributed by atoms with Crippen LogP contribution in [0.4, 0.5) is 0 Å². The summed E-state index contributed by atoms with van der Waals surface area (Å²) in [5, 5.41) is 0. The molecule has 1 aliphatic carbocycles. The molecule has 1 aliphatic rings. The Morgan fingerprint density at radius 2 is 2.33 bits per heavy atom. The molecule has 1 saturated carbocycles. The van der Waals surface area contributed by atoms with Gasteiger partial charge >= 0.3 is 0 Å². The molecule has 0 spiro atoms. The predicted octanol–water partition coefficient (Wildman–Crippen LogP) is 0.703. The summed E-state index contributed by atoms with van der Waals surface area (Å²) < 4.78 is 0. The molecule has 52 valence electrons. The molecule has 2 N–H and O–H groups in total. The number of Topliss-reactive ketones (excluding diaryl/α,β-unsaturated/α-hetero) is 1. The average Bonchev–Trinajstić information content (AvgIpc) is 1.80. The smallest absolute Gasteiger partial charge is 0.149 e. The van der Waals surface area contributed by atoms with Crippen molar-refractivity contribution in [3.05, 3.63) is 0 Å². The molecular weight excluding hydrogens is 114 g/mol. The van der Waals surface area contributed by atoms with Crippen molar-refractivity contribution in [3.63, 3.8) is 0 Å².